The number of hydrogen-bond acceptors (Lipinski definition) is 3. The number of rotatable bonds is 6. The maximum atomic E-state index is 6.25. The highest BCUT2D eigenvalue weighted by molar-refractivity contribution is 7.25. The van der Waals surface area contributed by atoms with Gasteiger partial charge in [-0.05, 0) is 99.3 Å². The molecule has 2 aromatic heterocycles. The molecule has 9 aromatic carbocycles. The van der Waals surface area contributed by atoms with Crippen molar-refractivity contribution >= 4 is 81.3 Å². The van der Waals surface area contributed by atoms with Gasteiger partial charge in [-0.25, -0.2) is 0 Å². The average molecular weight is 720 g/mol. The molecule has 0 radical (unpaired) electrons. The van der Waals surface area contributed by atoms with Crippen LogP contribution in [0.3, 0.4) is 0 Å². The minimum absolute atomic E-state index is 0.903. The van der Waals surface area contributed by atoms with E-state index in [4.69, 9.17) is 4.42 Å². The molecule has 0 amide bonds. The number of anilines is 3. The summed E-state index contributed by atoms with van der Waals surface area (Å²) in [6, 6.07) is 72.3. The molecule has 3 heteroatoms. The van der Waals surface area contributed by atoms with Crippen LogP contribution in [0.4, 0.5) is 17.1 Å². The van der Waals surface area contributed by atoms with Crippen molar-refractivity contribution in [2.45, 2.75) is 0 Å². The number of para-hydroxylation sites is 2. The molecule has 0 saturated carbocycles. The Balaban J connectivity index is 1.03. The zero-order valence-corrected chi connectivity index (χ0v) is 30.6. The third kappa shape index (κ3) is 5.40. The van der Waals surface area contributed by atoms with Gasteiger partial charge in [-0.15, -0.1) is 11.3 Å². The quantitative estimate of drug-likeness (QED) is 0.170. The van der Waals surface area contributed by atoms with Crippen molar-refractivity contribution in [2.24, 2.45) is 0 Å². The Hall–Kier alpha value is -6.94. The third-order valence-corrected chi connectivity index (χ3v) is 12.0. The number of furan rings is 1. The lowest BCUT2D eigenvalue weighted by molar-refractivity contribution is 0.669. The van der Waals surface area contributed by atoms with Crippen molar-refractivity contribution in [3.05, 3.63) is 200 Å². The Kier molecular flexibility index (Phi) is 7.39. The topological polar surface area (TPSA) is 16.4 Å². The predicted octanol–water partition coefficient (Wildman–Crippen LogP) is 15.6. The number of fused-ring (bicyclic) bond motifs is 7. The van der Waals surface area contributed by atoms with Gasteiger partial charge in [-0.3, -0.25) is 0 Å². The van der Waals surface area contributed by atoms with E-state index in [0.717, 1.165) is 50.1 Å². The number of thiophene rings is 1. The molecule has 0 saturated heterocycles. The van der Waals surface area contributed by atoms with Crippen molar-refractivity contribution in [2.75, 3.05) is 4.90 Å². The van der Waals surface area contributed by atoms with E-state index in [9.17, 15) is 0 Å². The molecule has 2 nitrogen and oxygen atoms in total. The van der Waals surface area contributed by atoms with E-state index in [1.165, 1.54) is 53.2 Å². The van der Waals surface area contributed by atoms with Crippen LogP contribution in [-0.4, -0.2) is 0 Å². The van der Waals surface area contributed by atoms with Gasteiger partial charge in [0.25, 0.3) is 0 Å². The first-order chi connectivity index (χ1) is 27.2. The zero-order chi connectivity index (χ0) is 36.3. The molecule has 0 bridgehead atoms. The van der Waals surface area contributed by atoms with Gasteiger partial charge in [0.05, 0.1) is 5.69 Å². The zero-order valence-electron chi connectivity index (χ0n) is 29.8. The minimum Gasteiger partial charge on any atom is -0.456 e. The van der Waals surface area contributed by atoms with Crippen molar-refractivity contribution in [1.82, 2.24) is 0 Å². The molecule has 2 heterocycles. The predicted molar refractivity (Wildman–Crippen MR) is 235 cm³/mol. The molecular weight excluding hydrogens is 687 g/mol. The first-order valence-electron chi connectivity index (χ1n) is 18.7. The Morgan fingerprint density at radius 2 is 0.927 bits per heavy atom. The standard InChI is InChI=1S/C52H33NOS/c1-2-12-41-35(10-1)11-9-16-42(41)36-22-28-40(29-23-36)53(39-26-20-34(21-27-39)37-24-30-45-44-14-4-7-18-49(44)54-50(45)32-37)48-17-6-3-13-43(48)38-25-31-47-46-15-5-8-19-51(46)55-52(47)33-38/h1-33H. The lowest BCUT2D eigenvalue weighted by Gasteiger charge is -2.28. The van der Waals surface area contributed by atoms with Gasteiger partial charge in [0.15, 0.2) is 0 Å². The molecule has 0 atom stereocenters. The van der Waals surface area contributed by atoms with E-state index in [1.807, 2.05) is 23.5 Å². The fourth-order valence-electron chi connectivity index (χ4n) is 8.21. The SMILES string of the molecule is c1ccc(N(c2ccc(-c3ccc4c(c3)oc3ccccc34)cc2)c2ccc(-c3cccc4ccccc34)cc2)c(-c2ccc3c(c2)sc2ccccc23)c1. The molecule has 11 rings (SSSR count). The molecule has 55 heavy (non-hydrogen) atoms. The Morgan fingerprint density at radius 1 is 0.345 bits per heavy atom. The summed E-state index contributed by atoms with van der Waals surface area (Å²) in [7, 11) is 0. The molecule has 0 unspecified atom stereocenters. The second-order valence-electron chi connectivity index (χ2n) is 14.1. The molecule has 0 aliphatic heterocycles. The summed E-state index contributed by atoms with van der Waals surface area (Å²) in [5, 5.41) is 7.41. The average Bonchev–Trinajstić information content (AvgIpc) is 3.82. The largest absolute Gasteiger partial charge is 0.456 e. The van der Waals surface area contributed by atoms with E-state index < -0.39 is 0 Å². The van der Waals surface area contributed by atoms with Crippen LogP contribution < -0.4 is 4.90 Å². The highest BCUT2D eigenvalue weighted by atomic mass is 32.1. The maximum absolute atomic E-state index is 6.25. The summed E-state index contributed by atoms with van der Waals surface area (Å²) in [5.41, 5.74) is 12.2. The first kappa shape index (κ1) is 31.6. The van der Waals surface area contributed by atoms with Crippen LogP contribution in [0.1, 0.15) is 0 Å². The molecule has 0 fully saturated rings. The van der Waals surface area contributed by atoms with Crippen LogP contribution in [0.25, 0.3) is 86.3 Å². The molecule has 0 aliphatic carbocycles. The van der Waals surface area contributed by atoms with E-state index in [-0.39, 0.29) is 0 Å². The molecule has 0 spiro atoms. The van der Waals surface area contributed by atoms with Gasteiger partial charge < -0.3 is 9.32 Å². The monoisotopic (exact) mass is 719 g/mol. The van der Waals surface area contributed by atoms with Crippen molar-refractivity contribution in [1.29, 1.82) is 0 Å². The van der Waals surface area contributed by atoms with Gasteiger partial charge in [-0.1, -0.05) is 140 Å². The summed E-state index contributed by atoms with van der Waals surface area (Å²) < 4.78 is 8.86. The van der Waals surface area contributed by atoms with Gasteiger partial charge in [0, 0.05) is 47.9 Å². The van der Waals surface area contributed by atoms with Gasteiger partial charge in [0.2, 0.25) is 0 Å². The summed E-state index contributed by atoms with van der Waals surface area (Å²) in [6.07, 6.45) is 0. The molecular formula is C52H33NOS. The van der Waals surface area contributed by atoms with Crippen LogP contribution in [0.5, 0.6) is 0 Å². The number of nitrogens with zero attached hydrogens (tertiary/aromatic N) is 1. The van der Waals surface area contributed by atoms with E-state index in [1.54, 1.807) is 0 Å². The van der Waals surface area contributed by atoms with Gasteiger partial charge in [-0.2, -0.15) is 0 Å². The minimum atomic E-state index is 0.903. The lowest BCUT2D eigenvalue weighted by atomic mass is 9.97. The second kappa shape index (κ2) is 12.9. The normalized spacial score (nSPS) is 11.6. The van der Waals surface area contributed by atoms with E-state index >= 15 is 0 Å². The third-order valence-electron chi connectivity index (χ3n) is 10.9. The number of benzene rings is 9. The van der Waals surface area contributed by atoms with Crippen molar-refractivity contribution < 1.29 is 4.42 Å². The van der Waals surface area contributed by atoms with Crippen LogP contribution in [0.2, 0.25) is 0 Å². The van der Waals surface area contributed by atoms with E-state index in [0.29, 0.717) is 0 Å². The summed E-state index contributed by atoms with van der Waals surface area (Å²) >= 11 is 1.86. The Morgan fingerprint density at radius 3 is 1.78 bits per heavy atom. The van der Waals surface area contributed by atoms with Crippen LogP contribution >= 0.6 is 11.3 Å². The molecule has 0 aliphatic rings. The fraction of sp³-hybridized carbons (Fsp3) is 0. The van der Waals surface area contributed by atoms with E-state index in [2.05, 4.69) is 193 Å². The molecule has 11 aromatic rings. The molecule has 0 N–H and O–H groups in total. The Labute approximate surface area is 322 Å². The fourth-order valence-corrected chi connectivity index (χ4v) is 9.35. The maximum Gasteiger partial charge on any atom is 0.136 e. The smallest absolute Gasteiger partial charge is 0.136 e. The summed E-state index contributed by atoms with van der Waals surface area (Å²) in [5.74, 6) is 0. The van der Waals surface area contributed by atoms with Crippen LogP contribution in [0, 0.1) is 0 Å². The number of hydrogen-bond donors (Lipinski definition) is 0. The first-order valence-corrected chi connectivity index (χ1v) is 19.5. The molecule has 258 valence electrons. The van der Waals surface area contributed by atoms with Gasteiger partial charge >= 0.3 is 0 Å². The lowest BCUT2D eigenvalue weighted by Crippen LogP contribution is -2.11. The summed E-state index contributed by atoms with van der Waals surface area (Å²) in [6.45, 7) is 0. The van der Waals surface area contributed by atoms with Crippen molar-refractivity contribution in [3.63, 3.8) is 0 Å². The highest BCUT2D eigenvalue weighted by Crippen LogP contribution is 2.44. The van der Waals surface area contributed by atoms with Crippen LogP contribution in [0.15, 0.2) is 205 Å². The second-order valence-corrected chi connectivity index (χ2v) is 15.2. The van der Waals surface area contributed by atoms with Crippen molar-refractivity contribution in [3.8, 4) is 33.4 Å². The Bertz CT molecular complexity index is 3200. The van der Waals surface area contributed by atoms with Crippen LogP contribution in [-0.2, 0) is 0 Å². The summed E-state index contributed by atoms with van der Waals surface area (Å²) in [4.78, 5) is 2.39. The highest BCUT2D eigenvalue weighted by Gasteiger charge is 2.19. The van der Waals surface area contributed by atoms with Gasteiger partial charge in [0.1, 0.15) is 11.2 Å².